The maximum absolute atomic E-state index is 12.8. The van der Waals surface area contributed by atoms with Crippen LogP contribution in [-0.2, 0) is 11.2 Å². The number of nitrogens with zero attached hydrogens (tertiary/aromatic N) is 3. The first kappa shape index (κ1) is 18.2. The average molecular weight is 367 g/mol. The first-order valence-electron chi connectivity index (χ1n) is 10.3. The van der Waals surface area contributed by atoms with E-state index < -0.39 is 0 Å². The van der Waals surface area contributed by atoms with E-state index in [0.29, 0.717) is 11.8 Å². The first-order chi connectivity index (χ1) is 13.2. The number of aromatic nitrogens is 2. The molecule has 5 heteroatoms. The molecule has 0 unspecified atom stereocenters. The summed E-state index contributed by atoms with van der Waals surface area (Å²) in [5.74, 6) is 1.05. The summed E-state index contributed by atoms with van der Waals surface area (Å²) in [5.41, 5.74) is 3.62. The highest BCUT2D eigenvalue weighted by molar-refractivity contribution is 5.79. The Morgan fingerprint density at radius 3 is 2.63 bits per heavy atom. The van der Waals surface area contributed by atoms with Crippen LogP contribution < -0.4 is 0 Å². The minimum absolute atomic E-state index is 0.212. The lowest BCUT2D eigenvalue weighted by atomic mass is 9.92. The molecule has 3 heterocycles. The third kappa shape index (κ3) is 4.24. The van der Waals surface area contributed by atoms with E-state index >= 15 is 0 Å². The molecule has 27 heavy (non-hydrogen) atoms. The van der Waals surface area contributed by atoms with Gasteiger partial charge in [-0.05, 0) is 44.0 Å². The highest BCUT2D eigenvalue weighted by Crippen LogP contribution is 2.29. The van der Waals surface area contributed by atoms with Crippen molar-refractivity contribution < 1.29 is 4.79 Å². The van der Waals surface area contributed by atoms with Crippen molar-refractivity contribution in [3.8, 4) is 0 Å². The Hall–Kier alpha value is -2.14. The van der Waals surface area contributed by atoms with Crippen molar-refractivity contribution >= 4 is 5.91 Å². The Balaban J connectivity index is 1.30. The second-order valence-electron chi connectivity index (χ2n) is 7.96. The molecule has 4 rings (SSSR count). The Kier molecular flexibility index (Phi) is 5.58. The quantitative estimate of drug-likeness (QED) is 0.885. The number of likely N-dealkylation sites (tertiary alicyclic amines) is 2. The Labute approximate surface area is 161 Å². The fourth-order valence-electron chi connectivity index (χ4n) is 4.47. The fraction of sp³-hybridized carbons (Fsp3) is 0.545. The molecule has 5 nitrogen and oxygen atoms in total. The molecular weight excluding hydrogens is 336 g/mol. The van der Waals surface area contributed by atoms with Gasteiger partial charge in [-0.2, -0.15) is 5.10 Å². The lowest BCUT2D eigenvalue weighted by molar-refractivity contribution is -0.136. The van der Waals surface area contributed by atoms with Crippen LogP contribution in [0.15, 0.2) is 36.4 Å². The number of benzene rings is 1. The molecule has 0 radical (unpaired) electrons. The zero-order valence-corrected chi connectivity index (χ0v) is 16.2. The van der Waals surface area contributed by atoms with E-state index in [4.69, 9.17) is 0 Å². The van der Waals surface area contributed by atoms with Crippen LogP contribution in [0.5, 0.6) is 0 Å². The molecule has 144 valence electrons. The van der Waals surface area contributed by atoms with Crippen LogP contribution >= 0.6 is 0 Å². The maximum Gasteiger partial charge on any atom is 0.227 e. The summed E-state index contributed by atoms with van der Waals surface area (Å²) in [7, 11) is 0. The van der Waals surface area contributed by atoms with E-state index in [9.17, 15) is 4.79 Å². The van der Waals surface area contributed by atoms with Crippen LogP contribution in [0.25, 0.3) is 0 Å². The minimum Gasteiger partial charge on any atom is -0.342 e. The van der Waals surface area contributed by atoms with Crippen molar-refractivity contribution in [2.24, 2.45) is 5.92 Å². The zero-order valence-electron chi connectivity index (χ0n) is 16.2. The van der Waals surface area contributed by atoms with Gasteiger partial charge >= 0.3 is 0 Å². The maximum atomic E-state index is 12.8. The summed E-state index contributed by atoms with van der Waals surface area (Å²) in [5, 5.41) is 7.77. The van der Waals surface area contributed by atoms with Crippen molar-refractivity contribution in [1.82, 2.24) is 20.0 Å². The third-order valence-electron chi connectivity index (χ3n) is 6.18. The van der Waals surface area contributed by atoms with Crippen LogP contribution in [0, 0.1) is 5.92 Å². The van der Waals surface area contributed by atoms with E-state index in [2.05, 4.69) is 57.3 Å². The lowest BCUT2D eigenvalue weighted by Crippen LogP contribution is -2.42. The Morgan fingerprint density at radius 2 is 1.93 bits per heavy atom. The average Bonchev–Trinajstić information content (AvgIpc) is 3.38. The molecule has 1 aromatic heterocycles. The van der Waals surface area contributed by atoms with Crippen molar-refractivity contribution in [2.75, 3.05) is 32.7 Å². The molecule has 2 aromatic rings. The molecular formula is C22H30N4O. The number of nitrogens with one attached hydrogen (secondary N) is 1. The highest BCUT2D eigenvalue weighted by Gasteiger charge is 2.33. The number of carbonyl (C=O) groups excluding carboxylic acids is 1. The number of amides is 1. The van der Waals surface area contributed by atoms with Gasteiger partial charge < -0.3 is 9.80 Å². The molecule has 1 amide bonds. The summed E-state index contributed by atoms with van der Waals surface area (Å²) < 4.78 is 0. The molecule has 1 aromatic carbocycles. The van der Waals surface area contributed by atoms with Gasteiger partial charge in [0.15, 0.2) is 0 Å². The third-order valence-corrected chi connectivity index (χ3v) is 6.18. The van der Waals surface area contributed by atoms with Gasteiger partial charge in [0, 0.05) is 37.7 Å². The number of hydrogen-bond acceptors (Lipinski definition) is 3. The second kappa shape index (κ2) is 8.26. The van der Waals surface area contributed by atoms with E-state index in [0.717, 1.165) is 64.1 Å². The van der Waals surface area contributed by atoms with Gasteiger partial charge in [-0.25, -0.2) is 0 Å². The standard InChI is InChI=1S/C22H30N4O/c1-2-25-11-8-19(16-25)22(27)26-12-9-18(10-13-26)21-15-20(23-24-21)14-17-6-4-3-5-7-17/h3-7,15,18-19H,2,8-14,16H2,1H3,(H,23,24)/t19-/m1/s1. The minimum atomic E-state index is 0.212. The molecule has 0 bridgehead atoms. The van der Waals surface area contributed by atoms with Crippen molar-refractivity contribution in [3.63, 3.8) is 0 Å². The van der Waals surface area contributed by atoms with Crippen LogP contribution in [-0.4, -0.2) is 58.6 Å². The van der Waals surface area contributed by atoms with Crippen molar-refractivity contribution in [1.29, 1.82) is 0 Å². The van der Waals surface area contributed by atoms with E-state index in [1.807, 2.05) is 6.07 Å². The lowest BCUT2D eigenvalue weighted by Gasteiger charge is -2.33. The molecule has 1 N–H and O–H groups in total. The molecule has 2 aliphatic heterocycles. The highest BCUT2D eigenvalue weighted by atomic mass is 16.2. The van der Waals surface area contributed by atoms with E-state index in [-0.39, 0.29) is 5.92 Å². The number of rotatable bonds is 5. The number of piperidine rings is 1. The topological polar surface area (TPSA) is 52.2 Å². The summed E-state index contributed by atoms with van der Waals surface area (Å²) in [4.78, 5) is 17.3. The molecule has 2 saturated heterocycles. The van der Waals surface area contributed by atoms with Crippen molar-refractivity contribution in [2.45, 2.75) is 38.5 Å². The van der Waals surface area contributed by atoms with Crippen LogP contribution in [0.2, 0.25) is 0 Å². The zero-order chi connectivity index (χ0) is 18.6. The molecule has 2 aliphatic rings. The van der Waals surface area contributed by atoms with Gasteiger partial charge in [0.05, 0.1) is 11.6 Å². The normalized spacial score (nSPS) is 21.7. The Bertz CT molecular complexity index is 749. The predicted molar refractivity (Wildman–Crippen MR) is 107 cm³/mol. The van der Waals surface area contributed by atoms with Gasteiger partial charge in [-0.1, -0.05) is 37.3 Å². The van der Waals surface area contributed by atoms with Crippen molar-refractivity contribution in [3.05, 3.63) is 53.3 Å². The summed E-state index contributed by atoms with van der Waals surface area (Å²) >= 11 is 0. The number of carbonyl (C=O) groups is 1. The van der Waals surface area contributed by atoms with Crippen LogP contribution in [0.3, 0.4) is 0 Å². The molecule has 1 atom stereocenters. The first-order valence-corrected chi connectivity index (χ1v) is 10.3. The fourth-order valence-corrected chi connectivity index (χ4v) is 4.47. The number of hydrogen-bond donors (Lipinski definition) is 1. The van der Waals surface area contributed by atoms with E-state index in [1.165, 1.54) is 11.3 Å². The van der Waals surface area contributed by atoms with Crippen LogP contribution in [0.4, 0.5) is 0 Å². The molecule has 0 spiro atoms. The Morgan fingerprint density at radius 1 is 1.15 bits per heavy atom. The summed E-state index contributed by atoms with van der Waals surface area (Å²) in [6.45, 7) is 6.98. The molecule has 2 fully saturated rings. The van der Waals surface area contributed by atoms with Gasteiger partial charge in [-0.3, -0.25) is 9.89 Å². The van der Waals surface area contributed by atoms with Gasteiger partial charge in [0.1, 0.15) is 0 Å². The summed E-state index contributed by atoms with van der Waals surface area (Å²) in [6.07, 6.45) is 3.95. The monoisotopic (exact) mass is 366 g/mol. The predicted octanol–water partition coefficient (Wildman–Crippen LogP) is 3.05. The van der Waals surface area contributed by atoms with Gasteiger partial charge in [0.25, 0.3) is 0 Å². The van der Waals surface area contributed by atoms with Gasteiger partial charge in [0.2, 0.25) is 5.91 Å². The van der Waals surface area contributed by atoms with E-state index in [1.54, 1.807) is 0 Å². The smallest absolute Gasteiger partial charge is 0.227 e. The SMILES string of the molecule is CCN1CC[C@@H](C(=O)N2CCC(c3cc(Cc4ccccc4)[nH]n3)CC2)C1. The van der Waals surface area contributed by atoms with Crippen LogP contribution in [0.1, 0.15) is 49.1 Å². The largest absolute Gasteiger partial charge is 0.342 e. The molecule has 0 aliphatic carbocycles. The second-order valence-corrected chi connectivity index (χ2v) is 7.96. The summed E-state index contributed by atoms with van der Waals surface area (Å²) in [6, 6.07) is 12.7. The molecule has 0 saturated carbocycles. The number of aromatic amines is 1. The van der Waals surface area contributed by atoms with Gasteiger partial charge in [-0.15, -0.1) is 0 Å². The number of H-pyrrole nitrogens is 1.